The Bertz CT molecular complexity index is 327. The van der Waals surface area contributed by atoms with Crippen molar-refractivity contribution in [3.8, 4) is 0 Å². The standard InChI is InChI=1S/C9H8BrClFN/c1-6(11)5-13-9-3-2-7(12)4-8(9)10/h2-4,13H,1,5H2. The van der Waals surface area contributed by atoms with Crippen LogP contribution in [0.4, 0.5) is 10.1 Å². The highest BCUT2D eigenvalue weighted by atomic mass is 79.9. The smallest absolute Gasteiger partial charge is 0.124 e. The van der Waals surface area contributed by atoms with Crippen molar-refractivity contribution in [3.63, 3.8) is 0 Å². The SMILES string of the molecule is C=C(Cl)CNc1ccc(F)cc1Br. The molecule has 0 aliphatic rings. The van der Waals surface area contributed by atoms with Gasteiger partial charge in [-0.3, -0.25) is 0 Å². The van der Waals surface area contributed by atoms with E-state index in [0.29, 0.717) is 16.0 Å². The number of benzene rings is 1. The summed E-state index contributed by atoms with van der Waals surface area (Å²) in [4.78, 5) is 0. The van der Waals surface area contributed by atoms with Gasteiger partial charge in [-0.15, -0.1) is 0 Å². The number of rotatable bonds is 3. The Morgan fingerprint density at radius 2 is 2.31 bits per heavy atom. The fraction of sp³-hybridized carbons (Fsp3) is 0.111. The maximum Gasteiger partial charge on any atom is 0.124 e. The van der Waals surface area contributed by atoms with Crippen molar-refractivity contribution in [1.29, 1.82) is 0 Å². The second kappa shape index (κ2) is 4.63. The molecule has 0 spiro atoms. The molecule has 0 atom stereocenters. The Morgan fingerprint density at radius 1 is 1.62 bits per heavy atom. The number of halogens is 3. The van der Waals surface area contributed by atoms with Crippen LogP contribution in [0.5, 0.6) is 0 Å². The molecule has 1 N–H and O–H groups in total. The molecule has 0 aromatic heterocycles. The van der Waals surface area contributed by atoms with Gasteiger partial charge in [0.2, 0.25) is 0 Å². The molecule has 0 aliphatic heterocycles. The van der Waals surface area contributed by atoms with Crippen LogP contribution < -0.4 is 5.32 Å². The maximum absolute atomic E-state index is 12.6. The summed E-state index contributed by atoms with van der Waals surface area (Å²) in [6.07, 6.45) is 0. The summed E-state index contributed by atoms with van der Waals surface area (Å²) in [5, 5.41) is 3.50. The lowest BCUT2D eigenvalue weighted by atomic mass is 10.3. The van der Waals surface area contributed by atoms with Crippen LogP contribution in [0, 0.1) is 5.82 Å². The van der Waals surface area contributed by atoms with Crippen LogP contribution in [0.15, 0.2) is 34.3 Å². The Balaban J connectivity index is 2.72. The molecule has 1 aromatic rings. The van der Waals surface area contributed by atoms with E-state index in [1.165, 1.54) is 12.1 Å². The van der Waals surface area contributed by atoms with Crippen LogP contribution in [0.2, 0.25) is 0 Å². The molecule has 0 radical (unpaired) electrons. The third kappa shape index (κ3) is 3.36. The average Bonchev–Trinajstić information content (AvgIpc) is 2.02. The summed E-state index contributed by atoms with van der Waals surface area (Å²) < 4.78 is 13.3. The summed E-state index contributed by atoms with van der Waals surface area (Å²) >= 11 is 8.79. The van der Waals surface area contributed by atoms with E-state index in [4.69, 9.17) is 11.6 Å². The van der Waals surface area contributed by atoms with Gasteiger partial charge in [0.05, 0.1) is 6.54 Å². The fourth-order valence-corrected chi connectivity index (χ4v) is 1.38. The minimum Gasteiger partial charge on any atom is -0.379 e. The van der Waals surface area contributed by atoms with Crippen LogP contribution in [-0.4, -0.2) is 6.54 Å². The summed E-state index contributed by atoms with van der Waals surface area (Å²) in [6, 6.07) is 4.41. The molecule has 1 rings (SSSR count). The molecule has 1 nitrogen and oxygen atoms in total. The van der Waals surface area contributed by atoms with E-state index in [2.05, 4.69) is 27.8 Å². The van der Waals surface area contributed by atoms with Gasteiger partial charge in [0.15, 0.2) is 0 Å². The topological polar surface area (TPSA) is 12.0 Å². The number of hydrogen-bond donors (Lipinski definition) is 1. The molecule has 0 saturated heterocycles. The monoisotopic (exact) mass is 263 g/mol. The number of anilines is 1. The molecule has 0 saturated carbocycles. The molecule has 0 bridgehead atoms. The van der Waals surface area contributed by atoms with E-state index in [1.54, 1.807) is 6.07 Å². The van der Waals surface area contributed by atoms with Crippen molar-refractivity contribution >= 4 is 33.2 Å². The van der Waals surface area contributed by atoms with E-state index >= 15 is 0 Å². The maximum atomic E-state index is 12.6. The molecule has 13 heavy (non-hydrogen) atoms. The Kier molecular flexibility index (Phi) is 3.75. The molecule has 1 aromatic carbocycles. The minimum atomic E-state index is -0.276. The van der Waals surface area contributed by atoms with Gasteiger partial charge < -0.3 is 5.32 Å². The Labute approximate surface area is 89.7 Å². The zero-order valence-corrected chi connectivity index (χ0v) is 9.12. The van der Waals surface area contributed by atoms with Gasteiger partial charge >= 0.3 is 0 Å². The van der Waals surface area contributed by atoms with Crippen molar-refractivity contribution < 1.29 is 4.39 Å². The molecule has 4 heteroatoms. The normalized spacial score (nSPS) is 9.77. The second-order valence-corrected chi connectivity index (χ2v) is 3.88. The quantitative estimate of drug-likeness (QED) is 0.877. The van der Waals surface area contributed by atoms with Crippen molar-refractivity contribution in [2.45, 2.75) is 0 Å². The predicted octanol–water partition coefficient (Wildman–Crippen LogP) is 3.75. The van der Waals surface area contributed by atoms with Gasteiger partial charge in [-0.05, 0) is 34.1 Å². The Morgan fingerprint density at radius 3 is 2.85 bits per heavy atom. The van der Waals surface area contributed by atoms with Crippen LogP contribution in [-0.2, 0) is 0 Å². The molecular formula is C9H8BrClFN. The highest BCUT2D eigenvalue weighted by Crippen LogP contribution is 2.23. The second-order valence-electron chi connectivity index (χ2n) is 2.49. The molecule has 0 heterocycles. The van der Waals surface area contributed by atoms with Gasteiger partial charge in [0, 0.05) is 15.2 Å². The predicted molar refractivity (Wildman–Crippen MR) is 57.6 cm³/mol. The van der Waals surface area contributed by atoms with E-state index in [9.17, 15) is 4.39 Å². The van der Waals surface area contributed by atoms with E-state index in [1.807, 2.05) is 0 Å². The summed E-state index contributed by atoms with van der Waals surface area (Å²) in [5.41, 5.74) is 0.795. The third-order valence-electron chi connectivity index (χ3n) is 1.40. The summed E-state index contributed by atoms with van der Waals surface area (Å²) in [7, 11) is 0. The molecule has 0 aliphatic carbocycles. The van der Waals surface area contributed by atoms with Gasteiger partial charge in [-0.2, -0.15) is 0 Å². The highest BCUT2D eigenvalue weighted by molar-refractivity contribution is 9.10. The van der Waals surface area contributed by atoms with E-state index in [0.717, 1.165) is 5.69 Å². The van der Waals surface area contributed by atoms with Crippen molar-refractivity contribution in [2.75, 3.05) is 11.9 Å². The zero-order chi connectivity index (χ0) is 9.84. The Hall–Kier alpha value is -0.540. The van der Waals surface area contributed by atoms with E-state index < -0.39 is 0 Å². The van der Waals surface area contributed by atoms with Gasteiger partial charge in [0.25, 0.3) is 0 Å². The van der Waals surface area contributed by atoms with Crippen LogP contribution >= 0.6 is 27.5 Å². The molecular weight excluding hydrogens is 256 g/mol. The molecule has 0 fully saturated rings. The molecule has 0 amide bonds. The van der Waals surface area contributed by atoms with Crippen LogP contribution in [0.3, 0.4) is 0 Å². The first kappa shape index (κ1) is 10.5. The largest absolute Gasteiger partial charge is 0.379 e. The van der Waals surface area contributed by atoms with Crippen molar-refractivity contribution in [2.24, 2.45) is 0 Å². The minimum absolute atomic E-state index is 0.276. The first-order chi connectivity index (χ1) is 6.09. The lowest BCUT2D eigenvalue weighted by molar-refractivity contribution is 0.627. The van der Waals surface area contributed by atoms with E-state index in [-0.39, 0.29) is 5.82 Å². The van der Waals surface area contributed by atoms with Gasteiger partial charge in [-0.1, -0.05) is 18.2 Å². The lowest BCUT2D eigenvalue weighted by Gasteiger charge is -2.06. The fourth-order valence-electron chi connectivity index (χ4n) is 0.824. The lowest BCUT2D eigenvalue weighted by Crippen LogP contribution is -2.01. The third-order valence-corrected chi connectivity index (χ3v) is 2.19. The summed E-state index contributed by atoms with van der Waals surface area (Å²) in [5.74, 6) is -0.276. The van der Waals surface area contributed by atoms with Crippen molar-refractivity contribution in [3.05, 3.63) is 40.1 Å². The zero-order valence-electron chi connectivity index (χ0n) is 6.78. The van der Waals surface area contributed by atoms with Crippen LogP contribution in [0.25, 0.3) is 0 Å². The van der Waals surface area contributed by atoms with Crippen molar-refractivity contribution in [1.82, 2.24) is 0 Å². The number of nitrogens with one attached hydrogen (secondary N) is 1. The van der Waals surface area contributed by atoms with Gasteiger partial charge in [0.1, 0.15) is 5.82 Å². The number of hydrogen-bond acceptors (Lipinski definition) is 1. The molecule has 0 unspecified atom stereocenters. The molecule has 70 valence electrons. The average molecular weight is 265 g/mol. The van der Waals surface area contributed by atoms with Gasteiger partial charge in [-0.25, -0.2) is 4.39 Å². The highest BCUT2D eigenvalue weighted by Gasteiger charge is 2.00. The first-order valence-electron chi connectivity index (χ1n) is 3.62. The summed E-state index contributed by atoms with van der Waals surface area (Å²) in [6.45, 7) is 4.00. The first-order valence-corrected chi connectivity index (χ1v) is 4.79. The van der Waals surface area contributed by atoms with Crippen LogP contribution in [0.1, 0.15) is 0 Å².